The van der Waals surface area contributed by atoms with Crippen molar-refractivity contribution in [3.8, 4) is 0 Å². The Labute approximate surface area is 131 Å². The predicted octanol–water partition coefficient (Wildman–Crippen LogP) is 0.246. The Kier molecular flexibility index (Phi) is 4.93. The zero-order chi connectivity index (χ0) is 17.2. The van der Waals surface area contributed by atoms with Crippen molar-refractivity contribution in [3.05, 3.63) is 43.0 Å². The summed E-state index contributed by atoms with van der Waals surface area (Å²) in [5.74, 6) is -0.348. The number of hydrogen-bond acceptors (Lipinski definition) is 6. The number of aryl methyl sites for hydroxylation is 1. The van der Waals surface area contributed by atoms with Crippen molar-refractivity contribution in [3.63, 3.8) is 0 Å². The molecule has 3 atom stereocenters. The van der Waals surface area contributed by atoms with E-state index >= 15 is 0 Å². The lowest BCUT2D eigenvalue weighted by Crippen LogP contribution is -2.34. The van der Waals surface area contributed by atoms with Crippen LogP contribution in [0.15, 0.2) is 20.9 Å². The summed E-state index contributed by atoms with van der Waals surface area (Å²) in [7, 11) is -3.34. The molecule has 0 spiro atoms. The Morgan fingerprint density at radius 3 is 2.83 bits per heavy atom. The van der Waals surface area contributed by atoms with Crippen LogP contribution in [0.5, 0.6) is 0 Å². The summed E-state index contributed by atoms with van der Waals surface area (Å²) in [5.41, 5.74) is 7.79. The molecule has 11 heteroatoms. The topological polar surface area (TPSA) is 147 Å². The standard InChI is InChI=1S/C12H17N5O5S/c1-3-23(20,21)6-9-8(15-16-13)4-10(22-9)17-5-7(2)11(18)14-12(17)19/h5,8-10H,3-4,6H2,1-2H3,(H,14,18,19)/t8-,9+,10+/m0/s1. The van der Waals surface area contributed by atoms with E-state index in [1.807, 2.05) is 0 Å². The number of rotatable bonds is 5. The first-order chi connectivity index (χ1) is 10.8. The van der Waals surface area contributed by atoms with Crippen LogP contribution >= 0.6 is 0 Å². The molecule has 1 aliphatic rings. The third-order valence-electron chi connectivity index (χ3n) is 3.72. The van der Waals surface area contributed by atoms with Crippen LogP contribution in [0.25, 0.3) is 10.4 Å². The van der Waals surface area contributed by atoms with Gasteiger partial charge in [-0.15, -0.1) is 0 Å². The van der Waals surface area contributed by atoms with E-state index in [4.69, 9.17) is 10.3 Å². The highest BCUT2D eigenvalue weighted by atomic mass is 32.2. The Morgan fingerprint density at radius 2 is 2.22 bits per heavy atom. The second-order valence-electron chi connectivity index (χ2n) is 5.31. The molecule has 0 aromatic carbocycles. The number of hydrogen-bond donors (Lipinski definition) is 1. The van der Waals surface area contributed by atoms with Crippen molar-refractivity contribution >= 4 is 9.84 Å². The molecule has 0 bridgehead atoms. The number of nitrogens with one attached hydrogen (secondary N) is 1. The highest BCUT2D eigenvalue weighted by Gasteiger charge is 2.38. The Balaban J connectivity index is 2.34. The van der Waals surface area contributed by atoms with Gasteiger partial charge in [-0.25, -0.2) is 13.2 Å². The molecule has 2 heterocycles. The van der Waals surface area contributed by atoms with E-state index in [1.54, 1.807) is 0 Å². The van der Waals surface area contributed by atoms with Crippen LogP contribution in [0.3, 0.4) is 0 Å². The number of aromatic amines is 1. The molecule has 1 aromatic heterocycles. The maximum absolute atomic E-state index is 11.9. The van der Waals surface area contributed by atoms with Gasteiger partial charge in [0.25, 0.3) is 5.56 Å². The second kappa shape index (κ2) is 6.57. The van der Waals surface area contributed by atoms with Crippen molar-refractivity contribution in [2.75, 3.05) is 11.5 Å². The normalized spacial score (nSPS) is 24.3. The van der Waals surface area contributed by atoms with Gasteiger partial charge in [-0.05, 0) is 12.5 Å². The number of nitrogens with zero attached hydrogens (tertiary/aromatic N) is 4. The van der Waals surface area contributed by atoms with Crippen LogP contribution in [0.2, 0.25) is 0 Å². The van der Waals surface area contributed by atoms with Gasteiger partial charge in [0.05, 0.1) is 17.9 Å². The molecule has 1 fully saturated rings. The number of ether oxygens (including phenoxy) is 1. The molecule has 0 saturated carbocycles. The molecule has 2 rings (SSSR count). The van der Waals surface area contributed by atoms with Crippen LogP contribution in [0.4, 0.5) is 0 Å². The summed E-state index contributed by atoms with van der Waals surface area (Å²) >= 11 is 0. The van der Waals surface area contributed by atoms with Gasteiger partial charge in [0.15, 0.2) is 9.84 Å². The first-order valence-corrected chi connectivity index (χ1v) is 8.81. The quantitative estimate of drug-likeness (QED) is 0.462. The second-order valence-corrected chi connectivity index (χ2v) is 7.71. The minimum absolute atomic E-state index is 0.0573. The maximum Gasteiger partial charge on any atom is 0.330 e. The minimum Gasteiger partial charge on any atom is -0.353 e. The molecule has 0 amide bonds. The van der Waals surface area contributed by atoms with E-state index in [9.17, 15) is 18.0 Å². The Hall–Kier alpha value is -2.10. The molecule has 1 N–H and O–H groups in total. The highest BCUT2D eigenvalue weighted by molar-refractivity contribution is 7.91. The zero-order valence-electron chi connectivity index (χ0n) is 12.7. The molecule has 1 aliphatic heterocycles. The van der Waals surface area contributed by atoms with Gasteiger partial charge in [-0.3, -0.25) is 14.3 Å². The van der Waals surface area contributed by atoms with Crippen molar-refractivity contribution in [1.82, 2.24) is 9.55 Å². The molecule has 23 heavy (non-hydrogen) atoms. The molecular formula is C12H17N5O5S. The van der Waals surface area contributed by atoms with Crippen LogP contribution < -0.4 is 11.2 Å². The van der Waals surface area contributed by atoms with Gasteiger partial charge < -0.3 is 4.74 Å². The molecule has 1 aromatic rings. The monoisotopic (exact) mass is 343 g/mol. The lowest BCUT2D eigenvalue weighted by molar-refractivity contribution is 0.00749. The fraction of sp³-hybridized carbons (Fsp3) is 0.667. The third-order valence-corrected chi connectivity index (χ3v) is 5.43. The lowest BCUT2D eigenvalue weighted by Gasteiger charge is -2.16. The molecule has 1 saturated heterocycles. The highest BCUT2D eigenvalue weighted by Crippen LogP contribution is 2.31. The molecule has 0 radical (unpaired) electrons. The van der Waals surface area contributed by atoms with Gasteiger partial charge in [-0.1, -0.05) is 12.0 Å². The summed E-state index contributed by atoms with van der Waals surface area (Å²) in [6.45, 7) is 3.05. The van der Waals surface area contributed by atoms with E-state index in [2.05, 4.69) is 15.0 Å². The predicted molar refractivity (Wildman–Crippen MR) is 81.8 cm³/mol. The Morgan fingerprint density at radius 1 is 1.52 bits per heavy atom. The van der Waals surface area contributed by atoms with Crippen molar-refractivity contribution < 1.29 is 13.2 Å². The number of sulfone groups is 1. The smallest absolute Gasteiger partial charge is 0.330 e. The van der Waals surface area contributed by atoms with Crippen LogP contribution in [-0.4, -0.2) is 41.6 Å². The first-order valence-electron chi connectivity index (χ1n) is 6.99. The maximum atomic E-state index is 11.9. The SMILES string of the molecule is CCS(=O)(=O)C[C@H]1O[C@@H](n2cc(C)c(=O)[nH]c2=O)C[C@@H]1N=[N+]=[N-]. The molecule has 10 nitrogen and oxygen atoms in total. The van der Waals surface area contributed by atoms with Gasteiger partial charge >= 0.3 is 5.69 Å². The van der Waals surface area contributed by atoms with Gasteiger partial charge in [0.1, 0.15) is 6.23 Å². The number of azide groups is 1. The van der Waals surface area contributed by atoms with Gasteiger partial charge in [-0.2, -0.15) is 0 Å². The van der Waals surface area contributed by atoms with Crippen molar-refractivity contribution in [2.24, 2.45) is 5.11 Å². The molecular weight excluding hydrogens is 326 g/mol. The average molecular weight is 343 g/mol. The lowest BCUT2D eigenvalue weighted by atomic mass is 10.1. The summed E-state index contributed by atoms with van der Waals surface area (Å²) in [4.78, 5) is 28.2. The van der Waals surface area contributed by atoms with E-state index in [1.165, 1.54) is 24.6 Å². The Bertz CT molecular complexity index is 851. The largest absolute Gasteiger partial charge is 0.353 e. The van der Waals surface area contributed by atoms with E-state index in [0.717, 1.165) is 0 Å². The van der Waals surface area contributed by atoms with E-state index in [-0.39, 0.29) is 17.9 Å². The van der Waals surface area contributed by atoms with Gasteiger partial charge in [0.2, 0.25) is 0 Å². The van der Waals surface area contributed by atoms with Crippen molar-refractivity contribution in [1.29, 1.82) is 0 Å². The summed E-state index contributed by atoms with van der Waals surface area (Å²) < 4.78 is 30.4. The zero-order valence-corrected chi connectivity index (χ0v) is 13.5. The molecule has 0 aliphatic carbocycles. The van der Waals surface area contributed by atoms with Crippen LogP contribution in [0, 0.1) is 6.92 Å². The fourth-order valence-corrected chi connectivity index (χ4v) is 3.43. The fourth-order valence-electron chi connectivity index (χ4n) is 2.39. The molecule has 126 valence electrons. The average Bonchev–Trinajstić information content (AvgIpc) is 2.85. The van der Waals surface area contributed by atoms with Gasteiger partial charge in [0, 0.05) is 28.8 Å². The van der Waals surface area contributed by atoms with Crippen LogP contribution in [0.1, 0.15) is 25.1 Å². The summed E-state index contributed by atoms with van der Waals surface area (Å²) in [6, 6.07) is -0.703. The number of aromatic nitrogens is 2. The molecule has 0 unspecified atom stereocenters. The summed E-state index contributed by atoms with van der Waals surface area (Å²) in [5, 5.41) is 3.57. The van der Waals surface area contributed by atoms with E-state index in [0.29, 0.717) is 5.56 Å². The van der Waals surface area contributed by atoms with Crippen molar-refractivity contribution in [2.45, 2.75) is 38.6 Å². The third kappa shape index (κ3) is 3.81. The van der Waals surface area contributed by atoms with E-state index < -0.39 is 39.5 Å². The first kappa shape index (κ1) is 17.3. The van der Waals surface area contributed by atoms with Crippen LogP contribution in [-0.2, 0) is 14.6 Å². The minimum atomic E-state index is -3.34. The summed E-state index contributed by atoms with van der Waals surface area (Å²) in [6.07, 6.45) is -0.139. The number of H-pyrrole nitrogens is 1.